The third-order valence-electron chi connectivity index (χ3n) is 8.10. The number of aryl methyl sites for hydroxylation is 1. The van der Waals surface area contributed by atoms with Crippen LogP contribution in [0.4, 0.5) is 8.78 Å². The predicted octanol–water partition coefficient (Wildman–Crippen LogP) is 4.53. The Labute approximate surface area is 255 Å². The topological polar surface area (TPSA) is 124 Å². The number of alkyl halides is 2. The van der Waals surface area contributed by atoms with E-state index in [1.54, 1.807) is 23.2 Å². The van der Waals surface area contributed by atoms with Crippen LogP contribution in [0.25, 0.3) is 33.7 Å². The molecule has 1 saturated heterocycles. The molecule has 0 radical (unpaired) electrons. The van der Waals surface area contributed by atoms with E-state index in [0.717, 1.165) is 22.4 Å². The minimum Gasteiger partial charge on any atom is -0.436 e. The maximum absolute atomic E-state index is 13.6. The van der Waals surface area contributed by atoms with Crippen molar-refractivity contribution < 1.29 is 18.0 Å². The second kappa shape index (κ2) is 11.6. The number of carbonyl (C=O) groups excluding carboxylic acids is 1. The Morgan fingerprint density at radius 3 is 2.49 bits per heavy atom. The van der Waals surface area contributed by atoms with Crippen LogP contribution in [0.5, 0.6) is 0 Å². The van der Waals surface area contributed by atoms with Crippen LogP contribution in [-0.2, 0) is 7.05 Å². The number of oxazole rings is 1. The van der Waals surface area contributed by atoms with E-state index in [9.17, 15) is 13.6 Å². The summed E-state index contributed by atoms with van der Waals surface area (Å²) in [6, 6.07) is 18.2. The number of aromatic nitrogens is 8. The van der Waals surface area contributed by atoms with E-state index in [1.807, 2.05) is 73.4 Å². The summed E-state index contributed by atoms with van der Waals surface area (Å²) in [5.41, 5.74) is 6.14. The number of halogens is 2. The van der Waals surface area contributed by atoms with Gasteiger partial charge in [0.25, 0.3) is 5.91 Å². The van der Waals surface area contributed by atoms with Crippen LogP contribution in [0.1, 0.15) is 40.2 Å². The average Bonchev–Trinajstić information content (AvgIpc) is 3.81. The van der Waals surface area contributed by atoms with Crippen LogP contribution in [0.2, 0.25) is 0 Å². The molecule has 5 heterocycles. The monoisotopic (exact) mass is 610 g/mol. The summed E-state index contributed by atoms with van der Waals surface area (Å²) >= 11 is 0. The number of pyridine rings is 1. The molecule has 45 heavy (non-hydrogen) atoms. The highest BCUT2D eigenvalue weighted by Crippen LogP contribution is 2.31. The summed E-state index contributed by atoms with van der Waals surface area (Å²) in [5, 5.41) is 15.7. The molecule has 0 spiro atoms. The Balaban J connectivity index is 1.08. The van der Waals surface area contributed by atoms with Crippen LogP contribution in [0, 0.1) is 6.92 Å². The summed E-state index contributed by atoms with van der Waals surface area (Å²) in [4.78, 5) is 26.7. The lowest BCUT2D eigenvalue weighted by atomic mass is 10.0. The first-order chi connectivity index (χ1) is 21.9. The molecule has 1 unspecified atom stereocenters. The van der Waals surface area contributed by atoms with Crippen molar-refractivity contribution in [3.8, 4) is 22.6 Å². The SMILES string of the molecule is Cc1c(-c2ccc3oc(-c4ccnc(C(=O)N5CCN(C(c6ccccc6)c6nnn(C(F)F)n6)CC5)c4)nc3c2)cnn1C. The second-order valence-electron chi connectivity index (χ2n) is 10.8. The molecule has 228 valence electrons. The van der Waals surface area contributed by atoms with Crippen molar-refractivity contribution >= 4 is 17.0 Å². The lowest BCUT2D eigenvalue weighted by molar-refractivity contribution is 0.0385. The highest BCUT2D eigenvalue weighted by molar-refractivity contribution is 5.93. The molecule has 1 aliphatic rings. The normalized spacial score (nSPS) is 14.8. The molecule has 1 atom stereocenters. The van der Waals surface area contributed by atoms with Crippen LogP contribution in [0.15, 0.2) is 77.5 Å². The summed E-state index contributed by atoms with van der Waals surface area (Å²) in [7, 11) is 1.90. The number of tetrazole rings is 1. The molecule has 1 fully saturated rings. The van der Waals surface area contributed by atoms with Crippen LogP contribution in [-0.4, -0.2) is 81.8 Å². The first-order valence-corrected chi connectivity index (χ1v) is 14.4. The van der Waals surface area contributed by atoms with Gasteiger partial charge in [-0.2, -0.15) is 13.9 Å². The first kappa shape index (κ1) is 28.4. The van der Waals surface area contributed by atoms with Gasteiger partial charge in [0.05, 0.1) is 12.2 Å². The van der Waals surface area contributed by atoms with Crippen molar-refractivity contribution in [1.82, 2.24) is 49.8 Å². The molecule has 6 aromatic rings. The van der Waals surface area contributed by atoms with Gasteiger partial charge in [-0.05, 0) is 47.5 Å². The Hall–Kier alpha value is -5.37. The van der Waals surface area contributed by atoms with Crippen LogP contribution >= 0.6 is 0 Å². The number of nitrogens with zero attached hydrogens (tertiary/aromatic N) is 10. The van der Waals surface area contributed by atoms with Gasteiger partial charge in [-0.3, -0.25) is 19.4 Å². The maximum Gasteiger partial charge on any atom is 0.350 e. The molecule has 12 nitrogen and oxygen atoms in total. The fourth-order valence-corrected chi connectivity index (χ4v) is 5.61. The fourth-order valence-electron chi connectivity index (χ4n) is 5.61. The zero-order valence-corrected chi connectivity index (χ0v) is 24.5. The molecule has 0 bridgehead atoms. The zero-order chi connectivity index (χ0) is 31.1. The van der Waals surface area contributed by atoms with E-state index >= 15 is 0 Å². The number of rotatable bonds is 7. The molecule has 0 saturated carbocycles. The molecule has 14 heteroatoms. The van der Waals surface area contributed by atoms with Gasteiger partial charge in [0, 0.05) is 56.2 Å². The number of benzene rings is 2. The second-order valence-corrected chi connectivity index (χ2v) is 10.8. The zero-order valence-electron chi connectivity index (χ0n) is 24.5. The molecular weight excluding hydrogens is 582 g/mol. The lowest BCUT2D eigenvalue weighted by Crippen LogP contribution is -2.50. The predicted molar refractivity (Wildman–Crippen MR) is 159 cm³/mol. The van der Waals surface area contributed by atoms with Crippen LogP contribution in [0.3, 0.4) is 0 Å². The van der Waals surface area contributed by atoms with Crippen molar-refractivity contribution in [2.45, 2.75) is 19.5 Å². The summed E-state index contributed by atoms with van der Waals surface area (Å²) in [6.07, 6.45) is 3.40. The lowest BCUT2D eigenvalue weighted by Gasteiger charge is -2.38. The van der Waals surface area contributed by atoms with Crippen molar-refractivity contribution in [1.29, 1.82) is 0 Å². The molecular formula is C31H28F2N10O2. The molecule has 1 aliphatic heterocycles. The number of piperazine rings is 1. The summed E-state index contributed by atoms with van der Waals surface area (Å²) < 4.78 is 34.3. The largest absolute Gasteiger partial charge is 0.436 e. The van der Waals surface area contributed by atoms with Crippen LogP contribution < -0.4 is 0 Å². The van der Waals surface area contributed by atoms with Gasteiger partial charge in [-0.25, -0.2) is 4.98 Å². The summed E-state index contributed by atoms with van der Waals surface area (Å²) in [6.45, 7) is 0.865. The highest BCUT2D eigenvalue weighted by atomic mass is 19.3. The van der Waals surface area contributed by atoms with Gasteiger partial charge in [0.15, 0.2) is 11.4 Å². The van der Waals surface area contributed by atoms with E-state index < -0.39 is 12.6 Å². The van der Waals surface area contributed by atoms with Crippen molar-refractivity contribution in [2.75, 3.05) is 26.2 Å². The van der Waals surface area contributed by atoms with E-state index in [2.05, 4.69) is 30.4 Å². The third-order valence-corrected chi connectivity index (χ3v) is 8.10. The van der Waals surface area contributed by atoms with Gasteiger partial charge in [0.1, 0.15) is 11.2 Å². The van der Waals surface area contributed by atoms with Gasteiger partial charge < -0.3 is 9.32 Å². The number of fused-ring (bicyclic) bond motifs is 1. The Morgan fingerprint density at radius 1 is 0.978 bits per heavy atom. The molecule has 1 amide bonds. The minimum atomic E-state index is -2.89. The van der Waals surface area contributed by atoms with Crippen molar-refractivity contribution in [3.63, 3.8) is 0 Å². The van der Waals surface area contributed by atoms with Crippen molar-refractivity contribution in [2.24, 2.45) is 7.05 Å². The minimum absolute atomic E-state index is 0.177. The molecule has 2 aromatic carbocycles. The number of hydrogen-bond donors (Lipinski definition) is 0. The van der Waals surface area contributed by atoms with E-state index in [4.69, 9.17) is 9.40 Å². The number of amides is 1. The smallest absolute Gasteiger partial charge is 0.350 e. The van der Waals surface area contributed by atoms with Gasteiger partial charge in [-0.1, -0.05) is 41.2 Å². The summed E-state index contributed by atoms with van der Waals surface area (Å²) in [5.74, 6) is 0.345. The quantitative estimate of drug-likeness (QED) is 0.257. The Bertz CT molecular complexity index is 1980. The molecule has 0 N–H and O–H groups in total. The van der Waals surface area contributed by atoms with E-state index in [0.29, 0.717) is 53.5 Å². The maximum atomic E-state index is 13.6. The highest BCUT2D eigenvalue weighted by Gasteiger charge is 2.32. The Kier molecular flexibility index (Phi) is 7.33. The van der Waals surface area contributed by atoms with Gasteiger partial charge in [0.2, 0.25) is 5.89 Å². The number of carbonyl (C=O) groups is 1. The molecule has 7 rings (SSSR count). The van der Waals surface area contributed by atoms with Gasteiger partial charge >= 0.3 is 6.55 Å². The molecule has 0 aliphatic carbocycles. The first-order valence-electron chi connectivity index (χ1n) is 14.4. The average molecular weight is 611 g/mol. The molecule has 4 aromatic heterocycles. The Morgan fingerprint density at radius 2 is 1.78 bits per heavy atom. The van der Waals surface area contributed by atoms with E-state index in [1.165, 1.54) is 0 Å². The standard InChI is InChI=1S/C31H28F2N10O2/c1-19-23(18-35-40(19)2)21-8-9-26-24(16-21)36-29(45-26)22-10-11-34-25(17-22)30(44)42-14-12-41(13-15-42)27(20-6-4-3-5-7-20)28-37-39-43(38-28)31(32)33/h3-11,16-18,27,31H,12-15H2,1-2H3. The third kappa shape index (κ3) is 5.44. The van der Waals surface area contributed by atoms with E-state index in [-0.39, 0.29) is 17.4 Å². The van der Waals surface area contributed by atoms with Crippen molar-refractivity contribution in [3.05, 3.63) is 95.8 Å². The fraction of sp³-hybridized carbons (Fsp3) is 0.258. The number of hydrogen-bond acceptors (Lipinski definition) is 9. The van der Waals surface area contributed by atoms with Gasteiger partial charge in [-0.15, -0.1) is 10.2 Å².